The van der Waals surface area contributed by atoms with Gasteiger partial charge in [0.2, 0.25) is 0 Å². The van der Waals surface area contributed by atoms with E-state index in [1.54, 1.807) is 0 Å². The van der Waals surface area contributed by atoms with Crippen LogP contribution in [0.4, 0.5) is 0 Å². The molecule has 2 saturated carbocycles. The van der Waals surface area contributed by atoms with Gasteiger partial charge in [0, 0.05) is 12.5 Å². The molecule has 2 aliphatic carbocycles. The summed E-state index contributed by atoms with van der Waals surface area (Å²) in [6, 6.07) is 0. The fraction of sp³-hybridized carbons (Fsp3) is 0.854. The van der Waals surface area contributed by atoms with Gasteiger partial charge in [0.1, 0.15) is 19.8 Å². The Labute approximate surface area is 337 Å². The average molecular weight is 770 g/mol. The summed E-state index contributed by atoms with van der Waals surface area (Å²) in [6.45, 7) is 7.90. The average Bonchev–Trinajstić information content (AvgIpc) is 3.73. The number of carbonyl (C=O) groups excluding carboxylic acids is 3. The van der Waals surface area contributed by atoms with Gasteiger partial charge in [-0.15, -0.1) is 0 Å². The summed E-state index contributed by atoms with van der Waals surface area (Å²) in [4.78, 5) is 40.8. The van der Waals surface area contributed by atoms with Crippen molar-refractivity contribution in [3.05, 3.63) is 24.3 Å². The van der Waals surface area contributed by atoms with Crippen LogP contribution in [-0.2, 0) is 28.6 Å². The van der Waals surface area contributed by atoms with E-state index in [-0.39, 0.29) is 43.6 Å². The third kappa shape index (κ3) is 22.4. The Hall–Kier alpha value is -2.15. The maximum Gasteiger partial charge on any atom is 0.330 e. The molecule has 316 valence electrons. The minimum absolute atomic E-state index is 0.0520. The van der Waals surface area contributed by atoms with E-state index >= 15 is 0 Å². The summed E-state index contributed by atoms with van der Waals surface area (Å²) < 4.78 is 17.0. The second-order valence-electron chi connectivity index (χ2n) is 17.4. The predicted octanol–water partition coefficient (Wildman–Crippen LogP) is 12.1. The first-order chi connectivity index (χ1) is 27.0. The summed E-state index contributed by atoms with van der Waals surface area (Å²) >= 11 is 0. The molecule has 0 N–H and O–H groups in total. The molecule has 55 heavy (non-hydrogen) atoms. The van der Waals surface area contributed by atoms with Crippen LogP contribution < -0.4 is 0 Å². The van der Waals surface area contributed by atoms with Crippen LogP contribution in [0.3, 0.4) is 0 Å². The van der Waals surface area contributed by atoms with Gasteiger partial charge in [-0.05, 0) is 134 Å². The van der Waals surface area contributed by atoms with E-state index in [9.17, 15) is 14.4 Å². The molecule has 0 aromatic rings. The number of hydrogen-bond acceptors (Lipinski definition) is 7. The Morgan fingerprint density at radius 2 is 1.15 bits per heavy atom. The van der Waals surface area contributed by atoms with E-state index < -0.39 is 5.97 Å². The number of likely N-dealkylation sites (tertiary alicyclic amines) is 1. The normalized spacial score (nSPS) is 22.7. The molecule has 1 aliphatic heterocycles. The monoisotopic (exact) mass is 770 g/mol. The third-order valence-electron chi connectivity index (χ3n) is 12.7. The van der Waals surface area contributed by atoms with E-state index in [1.165, 1.54) is 122 Å². The van der Waals surface area contributed by atoms with E-state index in [1.807, 2.05) is 6.08 Å². The molecule has 0 radical (unpaired) electrons. The molecule has 1 atom stereocenters. The van der Waals surface area contributed by atoms with Gasteiger partial charge in [0.05, 0.1) is 11.8 Å². The van der Waals surface area contributed by atoms with Gasteiger partial charge in [-0.2, -0.15) is 0 Å². The second kappa shape index (κ2) is 30.9. The molecule has 0 aromatic heterocycles. The van der Waals surface area contributed by atoms with E-state index in [0.29, 0.717) is 6.42 Å². The molecule has 0 amide bonds. The molecule has 3 rings (SSSR count). The van der Waals surface area contributed by atoms with Crippen LogP contribution in [0.15, 0.2) is 24.3 Å². The quantitative estimate of drug-likeness (QED) is 0.0236. The summed E-state index contributed by atoms with van der Waals surface area (Å²) in [6.07, 6.45) is 41.2. The van der Waals surface area contributed by atoms with Crippen molar-refractivity contribution in [2.45, 2.75) is 194 Å². The first-order valence-corrected chi connectivity index (χ1v) is 23.5. The summed E-state index contributed by atoms with van der Waals surface area (Å²) in [5.41, 5.74) is 0. The fourth-order valence-corrected chi connectivity index (χ4v) is 9.06. The van der Waals surface area contributed by atoms with Crippen LogP contribution >= 0.6 is 0 Å². The van der Waals surface area contributed by atoms with Crippen molar-refractivity contribution in [2.24, 2.45) is 29.6 Å². The number of nitrogens with zero attached hydrogens (tertiary/aromatic N) is 1. The Bertz CT molecular complexity index is 1050. The molecular weight excluding hydrogens is 687 g/mol. The highest BCUT2D eigenvalue weighted by Crippen LogP contribution is 2.42. The lowest BCUT2D eigenvalue weighted by Crippen LogP contribution is -2.31. The molecule has 7 heteroatoms. The molecule has 0 spiro atoms. The molecule has 3 fully saturated rings. The lowest BCUT2D eigenvalue weighted by Gasteiger charge is -2.37. The zero-order chi connectivity index (χ0) is 39.2. The van der Waals surface area contributed by atoms with Crippen LogP contribution in [-0.4, -0.2) is 62.3 Å². The largest absolute Gasteiger partial charge is 0.465 e. The molecule has 0 aromatic carbocycles. The predicted molar refractivity (Wildman–Crippen MR) is 226 cm³/mol. The van der Waals surface area contributed by atoms with Crippen LogP contribution in [0.2, 0.25) is 0 Å². The van der Waals surface area contributed by atoms with Crippen molar-refractivity contribution in [1.82, 2.24) is 4.90 Å². The lowest BCUT2D eigenvalue weighted by molar-refractivity contribution is -0.155. The van der Waals surface area contributed by atoms with Gasteiger partial charge in [0.15, 0.2) is 0 Å². The van der Waals surface area contributed by atoms with Crippen molar-refractivity contribution in [3.8, 4) is 0 Å². The maximum absolute atomic E-state index is 13.2. The van der Waals surface area contributed by atoms with E-state index in [0.717, 1.165) is 95.2 Å². The number of ether oxygens (including phenoxy) is 3. The number of carbonyl (C=O) groups is 3. The van der Waals surface area contributed by atoms with Crippen molar-refractivity contribution in [2.75, 3.05) is 39.5 Å². The SMILES string of the molecule is CCCCCCCC/C=C\CCCCCC=CC(=O)OCC(COC(=O)CCCN1CCCC1)COC(=O)C1CCC(C2CCC(CCCCC)CC2)CC1. The highest BCUT2D eigenvalue weighted by molar-refractivity contribution is 5.81. The maximum atomic E-state index is 13.2. The van der Waals surface area contributed by atoms with Crippen LogP contribution in [0.5, 0.6) is 0 Å². The molecule has 1 unspecified atom stereocenters. The highest BCUT2D eigenvalue weighted by Gasteiger charge is 2.33. The van der Waals surface area contributed by atoms with Crippen LogP contribution in [0.1, 0.15) is 194 Å². The Balaban J connectivity index is 1.32. The second-order valence-corrected chi connectivity index (χ2v) is 17.4. The van der Waals surface area contributed by atoms with Crippen molar-refractivity contribution < 1.29 is 28.6 Å². The first-order valence-electron chi connectivity index (χ1n) is 23.5. The zero-order valence-corrected chi connectivity index (χ0v) is 35.6. The van der Waals surface area contributed by atoms with Crippen molar-refractivity contribution >= 4 is 17.9 Å². The van der Waals surface area contributed by atoms with Gasteiger partial charge in [-0.25, -0.2) is 4.79 Å². The van der Waals surface area contributed by atoms with Crippen molar-refractivity contribution in [1.29, 1.82) is 0 Å². The Kier molecular flexibility index (Phi) is 26.5. The molecule has 1 saturated heterocycles. The standard InChI is InChI=1S/C48H83NO6/c1-3-5-7-8-9-10-11-12-13-14-15-16-17-18-20-25-46(50)53-38-42(39-54-47(51)26-23-37-49-35-21-22-36-49)40-55-48(52)45-33-31-44(32-34-45)43-29-27-41(28-30-43)24-19-6-4-2/h12-13,20,25,41-45H,3-11,14-19,21-24,26-40H2,1-2H3/b13-12-,25-20?. The molecular formula is C48H83NO6. The van der Waals surface area contributed by atoms with Gasteiger partial charge in [-0.1, -0.05) is 109 Å². The number of unbranched alkanes of at least 4 members (excludes halogenated alkanes) is 12. The number of allylic oxidation sites excluding steroid dienone is 3. The minimum Gasteiger partial charge on any atom is -0.465 e. The number of rotatable bonds is 30. The topological polar surface area (TPSA) is 82.1 Å². The zero-order valence-electron chi connectivity index (χ0n) is 35.6. The van der Waals surface area contributed by atoms with Crippen LogP contribution in [0, 0.1) is 29.6 Å². The van der Waals surface area contributed by atoms with Gasteiger partial charge >= 0.3 is 17.9 Å². The smallest absolute Gasteiger partial charge is 0.330 e. The molecule has 7 nitrogen and oxygen atoms in total. The summed E-state index contributed by atoms with van der Waals surface area (Å²) in [5, 5.41) is 0. The first kappa shape index (κ1) is 47.2. The lowest BCUT2D eigenvalue weighted by atomic mass is 9.68. The molecule has 0 bridgehead atoms. The highest BCUT2D eigenvalue weighted by atomic mass is 16.6. The third-order valence-corrected chi connectivity index (χ3v) is 12.7. The van der Waals surface area contributed by atoms with Gasteiger partial charge in [0.25, 0.3) is 0 Å². The van der Waals surface area contributed by atoms with Crippen molar-refractivity contribution in [3.63, 3.8) is 0 Å². The van der Waals surface area contributed by atoms with Crippen LogP contribution in [0.25, 0.3) is 0 Å². The Morgan fingerprint density at radius 3 is 1.82 bits per heavy atom. The fourth-order valence-electron chi connectivity index (χ4n) is 9.06. The van der Waals surface area contributed by atoms with Gasteiger partial charge < -0.3 is 19.1 Å². The van der Waals surface area contributed by atoms with Gasteiger partial charge in [-0.3, -0.25) is 9.59 Å². The number of esters is 3. The minimum atomic E-state index is -0.404. The van der Waals surface area contributed by atoms with E-state index in [2.05, 4.69) is 30.9 Å². The molecule has 1 heterocycles. The summed E-state index contributed by atoms with van der Waals surface area (Å²) in [5.74, 6) is 1.24. The number of hydrogen-bond donors (Lipinski definition) is 0. The Morgan fingerprint density at radius 1 is 0.600 bits per heavy atom. The van der Waals surface area contributed by atoms with E-state index in [4.69, 9.17) is 14.2 Å². The molecule has 3 aliphatic rings. The summed E-state index contributed by atoms with van der Waals surface area (Å²) in [7, 11) is 0.